The summed E-state index contributed by atoms with van der Waals surface area (Å²) in [5.74, 6) is -2.40. The second-order valence-corrected chi connectivity index (χ2v) is 7.14. The van der Waals surface area contributed by atoms with Gasteiger partial charge in [0.25, 0.3) is 0 Å². The number of methoxy groups -OCH3 is 1. The number of hydrogen-bond donors (Lipinski definition) is 1. The van der Waals surface area contributed by atoms with Gasteiger partial charge in [-0.2, -0.15) is 18.3 Å². The van der Waals surface area contributed by atoms with Crippen LogP contribution in [0.2, 0.25) is 0 Å². The fourth-order valence-electron chi connectivity index (χ4n) is 2.86. The van der Waals surface area contributed by atoms with Gasteiger partial charge in [0, 0.05) is 56.3 Å². The summed E-state index contributed by atoms with van der Waals surface area (Å²) >= 11 is 1.74. The van der Waals surface area contributed by atoms with Crippen LogP contribution in [0.15, 0.2) is 11.7 Å². The van der Waals surface area contributed by atoms with Crippen LogP contribution in [-0.4, -0.2) is 57.2 Å². The quantitative estimate of drug-likeness (QED) is 0.841. The van der Waals surface area contributed by atoms with Crippen molar-refractivity contribution in [3.05, 3.63) is 33.5 Å². The molecule has 0 spiro atoms. The van der Waals surface area contributed by atoms with E-state index in [-0.39, 0.29) is 0 Å². The van der Waals surface area contributed by atoms with E-state index in [2.05, 4.69) is 28.1 Å². The summed E-state index contributed by atoms with van der Waals surface area (Å²) in [6, 6.07) is 0. The molecule has 0 saturated carbocycles. The molecule has 1 aliphatic rings. The van der Waals surface area contributed by atoms with Gasteiger partial charge in [0.1, 0.15) is 0 Å². The molecule has 2 aromatic rings. The highest BCUT2D eigenvalue weighted by molar-refractivity contribution is 7.09. The Kier molecular flexibility index (Phi) is 6.95. The Labute approximate surface area is 158 Å². The van der Waals surface area contributed by atoms with Crippen LogP contribution < -0.4 is 0 Å². The van der Waals surface area contributed by atoms with E-state index < -0.39 is 12.1 Å². The number of carboxylic acids is 1. The molecule has 27 heavy (non-hydrogen) atoms. The fraction of sp³-hybridized carbons (Fsp3) is 0.562. The minimum atomic E-state index is -5.08. The second kappa shape index (κ2) is 8.81. The normalized spacial score (nSPS) is 17.2. The number of alkyl halides is 3. The van der Waals surface area contributed by atoms with Gasteiger partial charge in [0.2, 0.25) is 0 Å². The summed E-state index contributed by atoms with van der Waals surface area (Å²) in [6.07, 6.45) is -2.95. The Bertz CT molecular complexity index is 775. The van der Waals surface area contributed by atoms with E-state index in [4.69, 9.17) is 14.6 Å². The number of carbonyl (C=O) groups is 1. The van der Waals surface area contributed by atoms with E-state index in [9.17, 15) is 13.2 Å². The van der Waals surface area contributed by atoms with Crippen molar-refractivity contribution in [1.29, 1.82) is 0 Å². The molecule has 0 amide bonds. The summed E-state index contributed by atoms with van der Waals surface area (Å²) in [5, 5.41) is 11.7. The van der Waals surface area contributed by atoms with E-state index in [0.717, 1.165) is 31.9 Å². The van der Waals surface area contributed by atoms with Crippen LogP contribution in [0.4, 0.5) is 13.2 Å². The maximum atomic E-state index is 10.6. The molecule has 1 aliphatic heterocycles. The molecular weight excluding hydrogens is 385 g/mol. The number of carboxylic acid groups (broad SMARTS) is 1. The van der Waals surface area contributed by atoms with Crippen molar-refractivity contribution in [3.8, 4) is 0 Å². The molecule has 1 unspecified atom stereocenters. The van der Waals surface area contributed by atoms with Gasteiger partial charge >= 0.3 is 12.1 Å². The lowest BCUT2D eigenvalue weighted by molar-refractivity contribution is -0.192. The van der Waals surface area contributed by atoms with Crippen molar-refractivity contribution < 1.29 is 27.8 Å². The predicted molar refractivity (Wildman–Crippen MR) is 92.5 cm³/mol. The third-order valence-corrected chi connectivity index (χ3v) is 4.94. The highest BCUT2D eigenvalue weighted by atomic mass is 32.1. The highest BCUT2D eigenvalue weighted by Gasteiger charge is 2.38. The lowest BCUT2D eigenvalue weighted by Gasteiger charge is -2.31. The molecule has 1 N–H and O–H groups in total. The third kappa shape index (κ3) is 5.75. The van der Waals surface area contributed by atoms with Gasteiger partial charge in [-0.3, -0.25) is 9.58 Å². The molecule has 0 radical (unpaired) electrons. The summed E-state index contributed by atoms with van der Waals surface area (Å²) in [5.41, 5.74) is 5.60. The van der Waals surface area contributed by atoms with Gasteiger partial charge in [0.15, 0.2) is 0 Å². The van der Waals surface area contributed by atoms with Crippen LogP contribution in [-0.2, 0) is 29.7 Å². The minimum absolute atomic E-state index is 0.359. The maximum absolute atomic E-state index is 10.6. The molecule has 11 heteroatoms. The number of rotatable bonds is 4. The Morgan fingerprint density at radius 1 is 1.48 bits per heavy atom. The number of ether oxygens (including phenoxy) is 1. The van der Waals surface area contributed by atoms with Crippen LogP contribution in [0.1, 0.15) is 27.7 Å². The van der Waals surface area contributed by atoms with Gasteiger partial charge in [-0.1, -0.05) is 0 Å². The molecular formula is C16H21F3N4O3S. The van der Waals surface area contributed by atoms with Gasteiger partial charge in [-0.15, -0.1) is 11.3 Å². The number of aliphatic carboxylic acids is 1. The van der Waals surface area contributed by atoms with E-state index >= 15 is 0 Å². The molecule has 0 aliphatic carbocycles. The summed E-state index contributed by atoms with van der Waals surface area (Å²) in [6.45, 7) is 5.72. The van der Waals surface area contributed by atoms with Gasteiger partial charge < -0.3 is 9.84 Å². The predicted octanol–water partition coefficient (Wildman–Crippen LogP) is 2.56. The number of thiazole rings is 1. The van der Waals surface area contributed by atoms with E-state index in [1.54, 1.807) is 18.4 Å². The molecule has 1 atom stereocenters. The topological polar surface area (TPSA) is 80.5 Å². The first kappa shape index (κ1) is 21.3. The molecule has 2 aromatic heterocycles. The molecule has 0 aromatic carbocycles. The second-order valence-electron chi connectivity index (χ2n) is 6.20. The van der Waals surface area contributed by atoms with Gasteiger partial charge in [-0.05, 0) is 6.92 Å². The number of nitrogens with zero attached hydrogens (tertiary/aromatic N) is 4. The summed E-state index contributed by atoms with van der Waals surface area (Å²) in [7, 11) is 3.74. The smallest absolute Gasteiger partial charge is 0.475 e. The zero-order chi connectivity index (χ0) is 20.2. The average molecular weight is 406 g/mol. The Hall–Kier alpha value is -1.98. The number of aromatic nitrogens is 3. The zero-order valence-corrected chi connectivity index (χ0v) is 16.0. The molecule has 0 fully saturated rings. The summed E-state index contributed by atoms with van der Waals surface area (Å²) < 4.78 is 39.0. The first-order valence-corrected chi connectivity index (χ1v) is 8.92. The third-order valence-electron chi connectivity index (χ3n) is 4.02. The van der Waals surface area contributed by atoms with Gasteiger partial charge in [-0.25, -0.2) is 9.78 Å². The molecule has 3 heterocycles. The van der Waals surface area contributed by atoms with E-state index in [1.807, 2.05) is 17.2 Å². The van der Waals surface area contributed by atoms with Crippen LogP contribution in [0.5, 0.6) is 0 Å². The molecule has 0 saturated heterocycles. The first-order chi connectivity index (χ1) is 12.6. The van der Waals surface area contributed by atoms with Gasteiger partial charge in [0.05, 0.1) is 23.5 Å². The molecule has 7 nitrogen and oxygen atoms in total. The Morgan fingerprint density at radius 3 is 2.67 bits per heavy atom. The lowest BCUT2D eigenvalue weighted by Crippen LogP contribution is -2.34. The number of hydrogen-bond acceptors (Lipinski definition) is 6. The number of fused-ring (bicyclic) bond motifs is 1. The highest BCUT2D eigenvalue weighted by Crippen LogP contribution is 2.29. The minimum Gasteiger partial charge on any atom is -0.475 e. The first-order valence-electron chi connectivity index (χ1n) is 8.04. The van der Waals surface area contributed by atoms with Crippen molar-refractivity contribution in [2.45, 2.75) is 32.1 Å². The van der Waals surface area contributed by atoms with Crippen LogP contribution in [0.3, 0.4) is 0 Å². The van der Waals surface area contributed by atoms with E-state index in [0.29, 0.717) is 5.92 Å². The van der Waals surface area contributed by atoms with E-state index in [1.165, 1.54) is 16.1 Å². The largest absolute Gasteiger partial charge is 0.490 e. The molecule has 150 valence electrons. The SMILES string of the molecule is COCC1CN(Cc2scnc2C)Cc2cn(C)nc21.O=C(O)C(F)(F)F. The van der Waals surface area contributed by atoms with Crippen molar-refractivity contribution in [1.82, 2.24) is 19.7 Å². The Balaban J connectivity index is 0.000000321. The van der Waals surface area contributed by atoms with Crippen LogP contribution in [0.25, 0.3) is 0 Å². The standard InChI is InChI=1S/C14H20N4OS.C2HF3O2/c1-10-13(20-9-15-10)7-18-5-11-4-17(2)16-14(11)12(6-18)8-19-3;3-2(4,5)1(6)7/h4,9,12H,5-8H2,1-3H3;(H,6,7). The maximum Gasteiger partial charge on any atom is 0.490 e. The summed E-state index contributed by atoms with van der Waals surface area (Å²) in [4.78, 5) is 17.1. The van der Waals surface area contributed by atoms with Crippen LogP contribution in [0, 0.1) is 6.92 Å². The van der Waals surface area contributed by atoms with Crippen LogP contribution >= 0.6 is 11.3 Å². The molecule has 3 rings (SSSR count). The van der Waals surface area contributed by atoms with Crippen molar-refractivity contribution >= 4 is 17.3 Å². The van der Waals surface area contributed by atoms with Crippen molar-refractivity contribution in [2.24, 2.45) is 7.05 Å². The average Bonchev–Trinajstić information content (AvgIpc) is 3.13. The lowest BCUT2D eigenvalue weighted by atomic mass is 9.97. The number of halogens is 3. The zero-order valence-electron chi connectivity index (χ0n) is 15.2. The number of aryl methyl sites for hydroxylation is 2. The Morgan fingerprint density at radius 2 is 2.15 bits per heavy atom. The monoisotopic (exact) mass is 406 g/mol. The van der Waals surface area contributed by atoms with Crippen molar-refractivity contribution in [2.75, 3.05) is 20.3 Å². The van der Waals surface area contributed by atoms with Crippen molar-refractivity contribution in [3.63, 3.8) is 0 Å². The fourth-order valence-corrected chi connectivity index (χ4v) is 3.68. The molecule has 0 bridgehead atoms.